The van der Waals surface area contributed by atoms with Gasteiger partial charge in [0, 0.05) is 7.11 Å². The number of rotatable bonds is 7. The van der Waals surface area contributed by atoms with Gasteiger partial charge in [0.15, 0.2) is 12.1 Å². The lowest BCUT2D eigenvalue weighted by Crippen LogP contribution is -2.56. The van der Waals surface area contributed by atoms with E-state index in [-0.39, 0.29) is 13.2 Å². The van der Waals surface area contributed by atoms with Crippen LogP contribution in [-0.4, -0.2) is 42.8 Å². The van der Waals surface area contributed by atoms with Crippen LogP contribution in [0.1, 0.15) is 6.92 Å². The zero-order valence-corrected chi connectivity index (χ0v) is 11.9. The topological polar surface area (TPSA) is 84.9 Å². The number of carboxylic acids is 1. The smallest absolute Gasteiger partial charge is 0.331 e. The van der Waals surface area contributed by atoms with Crippen LogP contribution in [0.5, 0.6) is 5.75 Å². The molecule has 0 aliphatic rings. The summed E-state index contributed by atoms with van der Waals surface area (Å²) in [4.78, 5) is 22.8. The molecular weight excluding hydrogens is 286 g/mol. The maximum atomic E-state index is 11.7. The predicted molar refractivity (Wildman–Crippen MR) is 73.0 cm³/mol. The fraction of sp³-hybridized carbons (Fsp3) is 0.385. The van der Waals surface area contributed by atoms with Gasteiger partial charge in [0.05, 0.1) is 11.6 Å². The van der Waals surface area contributed by atoms with Gasteiger partial charge < -0.3 is 19.9 Å². The van der Waals surface area contributed by atoms with E-state index in [9.17, 15) is 9.59 Å². The quantitative estimate of drug-likeness (QED) is 0.793. The molecule has 7 heteroatoms. The van der Waals surface area contributed by atoms with Gasteiger partial charge in [-0.15, -0.1) is 0 Å². The SMILES string of the molecule is COCC(C)(NC(=O)COc1ccccc1Cl)C(=O)O. The number of carboxylic acid groups (broad SMARTS) is 1. The molecule has 2 N–H and O–H groups in total. The van der Waals surface area contributed by atoms with E-state index in [0.717, 1.165) is 0 Å². The van der Waals surface area contributed by atoms with E-state index in [2.05, 4.69) is 5.32 Å². The highest BCUT2D eigenvalue weighted by molar-refractivity contribution is 6.32. The Morgan fingerprint density at radius 2 is 2.05 bits per heavy atom. The number of halogens is 1. The molecule has 110 valence electrons. The number of aliphatic carboxylic acids is 1. The summed E-state index contributed by atoms with van der Waals surface area (Å²) in [5, 5.41) is 11.8. The van der Waals surface area contributed by atoms with Gasteiger partial charge in [-0.2, -0.15) is 0 Å². The average molecular weight is 302 g/mol. The number of ether oxygens (including phenoxy) is 2. The Morgan fingerprint density at radius 1 is 1.40 bits per heavy atom. The summed E-state index contributed by atoms with van der Waals surface area (Å²) in [6.45, 7) is 0.864. The number of benzene rings is 1. The number of para-hydroxylation sites is 1. The van der Waals surface area contributed by atoms with Gasteiger partial charge in [-0.25, -0.2) is 4.79 Å². The van der Waals surface area contributed by atoms with Gasteiger partial charge in [-0.1, -0.05) is 23.7 Å². The van der Waals surface area contributed by atoms with E-state index in [1.165, 1.54) is 14.0 Å². The highest BCUT2D eigenvalue weighted by Crippen LogP contribution is 2.22. The molecule has 0 fully saturated rings. The molecule has 1 aromatic carbocycles. The van der Waals surface area contributed by atoms with Crippen molar-refractivity contribution < 1.29 is 24.2 Å². The Kier molecular flexibility index (Phi) is 5.79. The van der Waals surface area contributed by atoms with Crippen LogP contribution in [0.15, 0.2) is 24.3 Å². The summed E-state index contributed by atoms with van der Waals surface area (Å²) in [6, 6.07) is 6.68. The molecule has 0 saturated heterocycles. The van der Waals surface area contributed by atoms with Crippen molar-refractivity contribution >= 4 is 23.5 Å². The van der Waals surface area contributed by atoms with Crippen molar-refractivity contribution in [1.82, 2.24) is 5.32 Å². The Balaban J connectivity index is 2.59. The molecule has 1 rings (SSSR count). The van der Waals surface area contributed by atoms with Crippen molar-refractivity contribution in [3.8, 4) is 5.75 Å². The van der Waals surface area contributed by atoms with E-state index in [1.807, 2.05) is 0 Å². The number of hydrogen-bond acceptors (Lipinski definition) is 4. The minimum atomic E-state index is -1.50. The summed E-state index contributed by atoms with van der Waals surface area (Å²) in [6.07, 6.45) is 0. The minimum absolute atomic E-state index is 0.153. The predicted octanol–water partition coefficient (Wildman–Crippen LogP) is 1.32. The van der Waals surface area contributed by atoms with Crippen molar-refractivity contribution in [3.63, 3.8) is 0 Å². The molecule has 0 heterocycles. The maximum absolute atomic E-state index is 11.7. The standard InChI is InChI=1S/C13H16ClNO5/c1-13(8-19-2,12(17)18)15-11(16)7-20-10-6-4-3-5-9(10)14/h3-6H,7-8H2,1-2H3,(H,15,16)(H,17,18). The second-order valence-electron chi connectivity index (χ2n) is 4.34. The van der Waals surface area contributed by atoms with Gasteiger partial charge in [0.2, 0.25) is 0 Å². The zero-order chi connectivity index (χ0) is 15.2. The fourth-order valence-electron chi connectivity index (χ4n) is 1.49. The van der Waals surface area contributed by atoms with Crippen molar-refractivity contribution in [2.75, 3.05) is 20.3 Å². The lowest BCUT2D eigenvalue weighted by Gasteiger charge is -2.25. The second kappa shape index (κ2) is 7.12. The summed E-state index contributed by atoms with van der Waals surface area (Å²) in [7, 11) is 1.35. The van der Waals surface area contributed by atoms with E-state index in [1.54, 1.807) is 24.3 Å². The van der Waals surface area contributed by atoms with Crippen LogP contribution in [-0.2, 0) is 14.3 Å². The van der Waals surface area contributed by atoms with Gasteiger partial charge in [0.25, 0.3) is 5.91 Å². The van der Waals surface area contributed by atoms with Crippen LogP contribution in [0.2, 0.25) is 5.02 Å². The number of hydrogen-bond donors (Lipinski definition) is 2. The largest absolute Gasteiger partial charge is 0.482 e. The van der Waals surface area contributed by atoms with Gasteiger partial charge in [0.1, 0.15) is 5.75 Å². The Labute approximate surface area is 121 Å². The first-order chi connectivity index (χ1) is 9.39. The highest BCUT2D eigenvalue weighted by atomic mass is 35.5. The molecule has 0 aromatic heterocycles. The minimum Gasteiger partial charge on any atom is -0.482 e. The average Bonchev–Trinajstić information content (AvgIpc) is 2.38. The molecule has 0 saturated carbocycles. The summed E-state index contributed by atoms with van der Waals surface area (Å²) in [5.41, 5.74) is -1.50. The lowest BCUT2D eigenvalue weighted by atomic mass is 10.0. The monoisotopic (exact) mass is 301 g/mol. The van der Waals surface area contributed by atoms with E-state index < -0.39 is 17.4 Å². The van der Waals surface area contributed by atoms with Crippen molar-refractivity contribution in [2.45, 2.75) is 12.5 Å². The second-order valence-corrected chi connectivity index (χ2v) is 4.74. The number of amides is 1. The Morgan fingerprint density at radius 3 is 2.60 bits per heavy atom. The Hall–Kier alpha value is -1.79. The number of carbonyl (C=O) groups excluding carboxylic acids is 1. The molecule has 20 heavy (non-hydrogen) atoms. The van der Waals surface area contributed by atoms with Crippen LogP contribution in [0.3, 0.4) is 0 Å². The molecule has 0 radical (unpaired) electrons. The first-order valence-electron chi connectivity index (χ1n) is 5.80. The summed E-state index contributed by atoms with van der Waals surface area (Å²) < 4.78 is 10.0. The third kappa shape index (κ3) is 4.40. The summed E-state index contributed by atoms with van der Waals surface area (Å²) >= 11 is 5.87. The van der Waals surface area contributed by atoms with E-state index in [4.69, 9.17) is 26.2 Å². The first-order valence-corrected chi connectivity index (χ1v) is 6.17. The number of methoxy groups -OCH3 is 1. The molecule has 1 unspecified atom stereocenters. The fourth-order valence-corrected chi connectivity index (χ4v) is 1.68. The van der Waals surface area contributed by atoms with Crippen LogP contribution in [0.25, 0.3) is 0 Å². The van der Waals surface area contributed by atoms with Gasteiger partial charge >= 0.3 is 5.97 Å². The van der Waals surface area contributed by atoms with Gasteiger partial charge in [-0.05, 0) is 19.1 Å². The van der Waals surface area contributed by atoms with Crippen LogP contribution >= 0.6 is 11.6 Å². The molecule has 1 atom stereocenters. The number of carbonyl (C=O) groups is 2. The molecule has 0 aliphatic carbocycles. The third-order valence-electron chi connectivity index (χ3n) is 2.52. The molecule has 1 aromatic rings. The molecular formula is C13H16ClNO5. The molecule has 0 bridgehead atoms. The summed E-state index contributed by atoms with van der Waals surface area (Å²) in [5.74, 6) is -1.41. The van der Waals surface area contributed by atoms with Crippen LogP contribution < -0.4 is 10.1 Å². The molecule has 1 amide bonds. The number of nitrogens with one attached hydrogen (secondary N) is 1. The van der Waals surface area contributed by atoms with Crippen LogP contribution in [0, 0.1) is 0 Å². The van der Waals surface area contributed by atoms with E-state index in [0.29, 0.717) is 10.8 Å². The third-order valence-corrected chi connectivity index (χ3v) is 2.83. The van der Waals surface area contributed by atoms with Crippen molar-refractivity contribution in [3.05, 3.63) is 29.3 Å². The molecule has 0 aliphatic heterocycles. The first kappa shape index (κ1) is 16.3. The normalized spacial score (nSPS) is 13.3. The van der Waals surface area contributed by atoms with Crippen LogP contribution in [0.4, 0.5) is 0 Å². The maximum Gasteiger partial charge on any atom is 0.331 e. The van der Waals surface area contributed by atoms with E-state index >= 15 is 0 Å². The van der Waals surface area contributed by atoms with Crippen molar-refractivity contribution in [1.29, 1.82) is 0 Å². The molecule has 0 spiro atoms. The zero-order valence-electron chi connectivity index (χ0n) is 11.2. The lowest BCUT2D eigenvalue weighted by molar-refractivity contribution is -0.149. The van der Waals surface area contributed by atoms with Gasteiger partial charge in [-0.3, -0.25) is 4.79 Å². The molecule has 6 nitrogen and oxygen atoms in total. The Bertz CT molecular complexity index is 493. The highest BCUT2D eigenvalue weighted by Gasteiger charge is 2.35. The van der Waals surface area contributed by atoms with Crippen molar-refractivity contribution in [2.24, 2.45) is 0 Å².